The molecule has 3 heteroatoms. The molecular weight excluding hydrogens is 294 g/mol. The van der Waals surface area contributed by atoms with Gasteiger partial charge in [0, 0.05) is 28.9 Å². The minimum Gasteiger partial charge on any atom is -0.354 e. The molecule has 2 aromatic heterocycles. The van der Waals surface area contributed by atoms with Gasteiger partial charge in [-0.2, -0.15) is 0 Å². The number of unbranched alkanes of at least 4 members (excludes halogenated alkanes) is 1. The molecule has 0 aliphatic heterocycles. The summed E-state index contributed by atoms with van der Waals surface area (Å²) in [6, 6.07) is 11.0. The fourth-order valence-electron chi connectivity index (χ4n) is 3.27. The SMILES string of the molecule is CCC(C)c1ccc2[nH]c(-c3cccnc3)c(CCCCN)c2c1. The van der Waals surface area contributed by atoms with Gasteiger partial charge in [0.15, 0.2) is 0 Å². The van der Waals surface area contributed by atoms with Crippen molar-refractivity contribution < 1.29 is 0 Å². The van der Waals surface area contributed by atoms with E-state index in [9.17, 15) is 0 Å². The molecule has 0 fully saturated rings. The zero-order chi connectivity index (χ0) is 16.9. The number of aryl methyl sites for hydroxylation is 1. The quantitative estimate of drug-likeness (QED) is 0.600. The molecule has 0 saturated carbocycles. The Bertz CT molecular complexity index is 789. The summed E-state index contributed by atoms with van der Waals surface area (Å²) in [7, 11) is 0. The molecule has 3 nitrogen and oxygen atoms in total. The van der Waals surface area contributed by atoms with Crippen LogP contribution >= 0.6 is 0 Å². The minimum absolute atomic E-state index is 0.586. The average Bonchev–Trinajstić information content (AvgIpc) is 3.00. The molecule has 0 amide bonds. The highest BCUT2D eigenvalue weighted by molar-refractivity contribution is 5.91. The van der Waals surface area contributed by atoms with Crippen LogP contribution in [0.5, 0.6) is 0 Å². The Hall–Kier alpha value is -2.13. The van der Waals surface area contributed by atoms with Crippen LogP contribution < -0.4 is 5.73 Å². The number of pyridine rings is 1. The maximum absolute atomic E-state index is 5.69. The molecule has 0 aliphatic rings. The van der Waals surface area contributed by atoms with Crippen molar-refractivity contribution in [1.82, 2.24) is 9.97 Å². The Balaban J connectivity index is 2.10. The average molecular weight is 321 g/mol. The van der Waals surface area contributed by atoms with E-state index in [1.165, 1.54) is 27.7 Å². The van der Waals surface area contributed by atoms with E-state index >= 15 is 0 Å². The first-order chi connectivity index (χ1) is 11.7. The number of fused-ring (bicyclic) bond motifs is 1. The first kappa shape index (κ1) is 16.7. The van der Waals surface area contributed by atoms with Gasteiger partial charge in [-0.05, 0) is 73.5 Å². The van der Waals surface area contributed by atoms with Gasteiger partial charge < -0.3 is 10.7 Å². The molecule has 1 unspecified atom stereocenters. The lowest BCUT2D eigenvalue weighted by molar-refractivity contribution is 0.734. The molecule has 0 aliphatic carbocycles. The number of nitrogens with zero attached hydrogens (tertiary/aromatic N) is 1. The Morgan fingerprint density at radius 2 is 2.08 bits per heavy atom. The van der Waals surface area contributed by atoms with E-state index in [1.807, 2.05) is 18.5 Å². The number of H-pyrrole nitrogens is 1. The zero-order valence-corrected chi connectivity index (χ0v) is 14.7. The summed E-state index contributed by atoms with van der Waals surface area (Å²) >= 11 is 0. The monoisotopic (exact) mass is 321 g/mol. The van der Waals surface area contributed by atoms with Gasteiger partial charge in [0.25, 0.3) is 0 Å². The number of benzene rings is 1. The number of aromatic amines is 1. The Kier molecular flexibility index (Phi) is 5.31. The second-order valence-electron chi connectivity index (χ2n) is 6.58. The van der Waals surface area contributed by atoms with E-state index in [2.05, 4.69) is 48.1 Å². The van der Waals surface area contributed by atoms with E-state index in [1.54, 1.807) is 0 Å². The van der Waals surface area contributed by atoms with E-state index < -0.39 is 0 Å². The molecule has 3 aromatic rings. The standard InChI is InChI=1S/C21H27N3/c1-3-15(2)16-9-10-20-19(13-16)18(8-4-5-11-22)21(24-20)17-7-6-12-23-14-17/h6-7,9-10,12-15,24H,3-5,8,11,22H2,1-2H3. The normalized spacial score (nSPS) is 12.6. The molecular formula is C21H27N3. The van der Waals surface area contributed by atoms with Crippen molar-refractivity contribution in [3.8, 4) is 11.3 Å². The molecule has 1 aromatic carbocycles. The molecule has 0 saturated heterocycles. The third-order valence-electron chi connectivity index (χ3n) is 4.94. The largest absolute Gasteiger partial charge is 0.354 e. The van der Waals surface area contributed by atoms with E-state index in [-0.39, 0.29) is 0 Å². The van der Waals surface area contributed by atoms with Gasteiger partial charge in [-0.1, -0.05) is 19.9 Å². The van der Waals surface area contributed by atoms with Crippen LogP contribution in [-0.2, 0) is 6.42 Å². The van der Waals surface area contributed by atoms with Crippen LogP contribution in [0.1, 0.15) is 50.2 Å². The lowest BCUT2D eigenvalue weighted by Gasteiger charge is -2.10. The molecule has 1 atom stereocenters. The van der Waals surface area contributed by atoms with Gasteiger partial charge >= 0.3 is 0 Å². The van der Waals surface area contributed by atoms with Crippen molar-refractivity contribution in [3.63, 3.8) is 0 Å². The maximum atomic E-state index is 5.69. The van der Waals surface area contributed by atoms with Gasteiger partial charge in [-0.25, -0.2) is 0 Å². The van der Waals surface area contributed by atoms with Crippen molar-refractivity contribution in [2.45, 2.75) is 45.4 Å². The predicted octanol–water partition coefficient (Wildman–Crippen LogP) is 5.02. The van der Waals surface area contributed by atoms with Crippen LogP contribution in [0.15, 0.2) is 42.7 Å². The van der Waals surface area contributed by atoms with E-state index in [4.69, 9.17) is 5.73 Å². The highest BCUT2D eigenvalue weighted by Crippen LogP contribution is 2.33. The summed E-state index contributed by atoms with van der Waals surface area (Å²) < 4.78 is 0. The Morgan fingerprint density at radius 1 is 1.21 bits per heavy atom. The van der Waals surface area contributed by atoms with Crippen molar-refractivity contribution in [1.29, 1.82) is 0 Å². The first-order valence-corrected chi connectivity index (χ1v) is 8.99. The number of hydrogen-bond donors (Lipinski definition) is 2. The van der Waals surface area contributed by atoms with Crippen molar-refractivity contribution in [2.75, 3.05) is 6.54 Å². The Morgan fingerprint density at radius 3 is 2.79 bits per heavy atom. The summed E-state index contributed by atoms with van der Waals surface area (Å²) in [5.41, 5.74) is 12.1. The van der Waals surface area contributed by atoms with Crippen LogP contribution in [0.3, 0.4) is 0 Å². The fourth-order valence-corrected chi connectivity index (χ4v) is 3.27. The molecule has 0 spiro atoms. The van der Waals surface area contributed by atoms with Gasteiger partial charge in [-0.15, -0.1) is 0 Å². The summed E-state index contributed by atoms with van der Waals surface area (Å²) in [6.07, 6.45) is 8.14. The fraction of sp³-hybridized carbons (Fsp3) is 0.381. The smallest absolute Gasteiger partial charge is 0.0512 e. The third-order valence-corrected chi connectivity index (χ3v) is 4.94. The van der Waals surface area contributed by atoms with E-state index in [0.29, 0.717) is 5.92 Å². The van der Waals surface area contributed by atoms with Crippen LogP contribution in [0, 0.1) is 0 Å². The lowest BCUT2D eigenvalue weighted by Crippen LogP contribution is -1.99. The van der Waals surface area contributed by atoms with Crippen LogP contribution in [0.4, 0.5) is 0 Å². The van der Waals surface area contributed by atoms with E-state index in [0.717, 1.165) is 37.8 Å². The van der Waals surface area contributed by atoms with Crippen molar-refractivity contribution >= 4 is 10.9 Å². The highest BCUT2D eigenvalue weighted by Gasteiger charge is 2.14. The molecule has 0 radical (unpaired) electrons. The minimum atomic E-state index is 0.586. The number of rotatable bonds is 7. The molecule has 0 bridgehead atoms. The van der Waals surface area contributed by atoms with Gasteiger partial charge in [0.1, 0.15) is 0 Å². The Labute approximate surface area is 144 Å². The van der Waals surface area contributed by atoms with Gasteiger partial charge in [-0.3, -0.25) is 4.98 Å². The summed E-state index contributed by atoms with van der Waals surface area (Å²) in [6.45, 7) is 5.29. The first-order valence-electron chi connectivity index (χ1n) is 8.99. The highest BCUT2D eigenvalue weighted by atomic mass is 14.7. The van der Waals surface area contributed by atoms with Crippen LogP contribution in [-0.4, -0.2) is 16.5 Å². The van der Waals surface area contributed by atoms with Crippen molar-refractivity contribution in [2.24, 2.45) is 5.73 Å². The number of hydrogen-bond acceptors (Lipinski definition) is 2. The molecule has 3 rings (SSSR count). The van der Waals surface area contributed by atoms with Gasteiger partial charge in [0.05, 0.1) is 5.69 Å². The molecule has 126 valence electrons. The molecule has 3 N–H and O–H groups in total. The van der Waals surface area contributed by atoms with Crippen molar-refractivity contribution in [3.05, 3.63) is 53.9 Å². The van der Waals surface area contributed by atoms with Crippen LogP contribution in [0.2, 0.25) is 0 Å². The summed E-state index contributed by atoms with van der Waals surface area (Å²) in [5.74, 6) is 0.586. The second kappa shape index (κ2) is 7.63. The second-order valence-corrected chi connectivity index (χ2v) is 6.58. The maximum Gasteiger partial charge on any atom is 0.0512 e. The topological polar surface area (TPSA) is 54.7 Å². The number of nitrogens with two attached hydrogens (primary N) is 1. The lowest BCUT2D eigenvalue weighted by atomic mass is 9.95. The third kappa shape index (κ3) is 3.36. The number of nitrogens with one attached hydrogen (secondary N) is 1. The summed E-state index contributed by atoms with van der Waals surface area (Å²) in [5, 5.41) is 1.35. The molecule has 24 heavy (non-hydrogen) atoms. The predicted molar refractivity (Wildman–Crippen MR) is 102 cm³/mol. The van der Waals surface area contributed by atoms with Gasteiger partial charge in [0.2, 0.25) is 0 Å². The van der Waals surface area contributed by atoms with Crippen LogP contribution in [0.25, 0.3) is 22.2 Å². The summed E-state index contributed by atoms with van der Waals surface area (Å²) in [4.78, 5) is 7.91. The zero-order valence-electron chi connectivity index (χ0n) is 14.7. The number of aromatic nitrogens is 2. The molecule has 2 heterocycles.